The molecule has 0 radical (unpaired) electrons. The number of nitrogens with zero attached hydrogens (tertiary/aromatic N) is 1. The number of rotatable bonds is 4. The van der Waals surface area contributed by atoms with Gasteiger partial charge in [-0.05, 0) is 41.5 Å². The van der Waals surface area contributed by atoms with E-state index in [1.54, 1.807) is 0 Å². The van der Waals surface area contributed by atoms with Gasteiger partial charge in [-0.25, -0.2) is 0 Å². The highest BCUT2D eigenvalue weighted by Gasteiger charge is 2.22. The molecule has 0 unspecified atom stereocenters. The lowest BCUT2D eigenvalue weighted by atomic mass is 10.1. The number of hydrogen-bond acceptors (Lipinski definition) is 2. The Kier molecular flexibility index (Phi) is 4.80. The molecule has 0 bridgehead atoms. The zero-order valence-corrected chi connectivity index (χ0v) is 9.20. The Hall–Kier alpha value is -0.0800. The maximum Gasteiger partial charge on any atom is 0.0664 e. The van der Waals surface area contributed by atoms with Crippen molar-refractivity contribution in [1.82, 2.24) is 4.90 Å². The second kappa shape index (κ2) is 4.83. The minimum absolute atomic E-state index is 0.241. The molecule has 0 aliphatic rings. The molecule has 74 valence electrons. The quantitative estimate of drug-likeness (QED) is 0.701. The summed E-state index contributed by atoms with van der Waals surface area (Å²) < 4.78 is 0. The van der Waals surface area contributed by atoms with Crippen molar-refractivity contribution in [3.63, 3.8) is 0 Å². The maximum absolute atomic E-state index is 9.45. The lowest BCUT2D eigenvalue weighted by molar-refractivity contribution is 0.0314. The number of aliphatic hydroxyl groups excluding tert-OH is 1. The average Bonchev–Trinajstić information content (AvgIpc) is 1.85. The van der Waals surface area contributed by atoms with Crippen LogP contribution in [-0.4, -0.2) is 34.2 Å². The first-order chi connectivity index (χ1) is 5.37. The molecule has 0 saturated carbocycles. The van der Waals surface area contributed by atoms with Gasteiger partial charge in [0.2, 0.25) is 0 Å². The fourth-order valence-electron chi connectivity index (χ4n) is 1.79. The standard InChI is InChI=1S/C10H23NO/c1-7(2)11(8(3)4)9(5)10(6)12/h7-10,12H,1-6H3/t9-,10+/m1/s1. The van der Waals surface area contributed by atoms with Gasteiger partial charge in [-0.1, -0.05) is 0 Å². The lowest BCUT2D eigenvalue weighted by Crippen LogP contribution is -2.48. The van der Waals surface area contributed by atoms with E-state index in [2.05, 4.69) is 39.5 Å². The van der Waals surface area contributed by atoms with Crippen LogP contribution < -0.4 is 0 Å². The SMILES string of the molecule is CC(C)N(C(C)C)[C@H](C)[C@H](C)O. The Labute approximate surface area is 76.6 Å². The molecule has 0 aliphatic heterocycles. The van der Waals surface area contributed by atoms with Gasteiger partial charge in [-0.3, -0.25) is 4.90 Å². The summed E-state index contributed by atoms with van der Waals surface area (Å²) in [4.78, 5) is 2.32. The Morgan fingerprint density at radius 2 is 1.17 bits per heavy atom. The van der Waals surface area contributed by atoms with Gasteiger partial charge in [0, 0.05) is 18.1 Å². The van der Waals surface area contributed by atoms with Crippen LogP contribution in [-0.2, 0) is 0 Å². The van der Waals surface area contributed by atoms with Gasteiger partial charge in [-0.2, -0.15) is 0 Å². The van der Waals surface area contributed by atoms with Crippen LogP contribution in [0.5, 0.6) is 0 Å². The van der Waals surface area contributed by atoms with Crippen LogP contribution in [0.2, 0.25) is 0 Å². The van der Waals surface area contributed by atoms with E-state index in [9.17, 15) is 5.11 Å². The first kappa shape index (κ1) is 11.9. The summed E-state index contributed by atoms with van der Waals surface area (Å²) in [5, 5.41) is 9.45. The van der Waals surface area contributed by atoms with Crippen molar-refractivity contribution in [2.45, 2.75) is 65.8 Å². The van der Waals surface area contributed by atoms with Gasteiger partial charge in [-0.15, -0.1) is 0 Å². The van der Waals surface area contributed by atoms with Crippen molar-refractivity contribution in [3.8, 4) is 0 Å². The molecule has 0 fully saturated rings. The molecule has 0 aromatic rings. The Morgan fingerprint density at radius 1 is 0.833 bits per heavy atom. The molecule has 1 N–H and O–H groups in total. The lowest BCUT2D eigenvalue weighted by Gasteiger charge is -2.37. The van der Waals surface area contributed by atoms with Gasteiger partial charge in [0.25, 0.3) is 0 Å². The molecule has 0 saturated heterocycles. The topological polar surface area (TPSA) is 23.5 Å². The Morgan fingerprint density at radius 3 is 1.25 bits per heavy atom. The average molecular weight is 173 g/mol. The molecule has 2 nitrogen and oxygen atoms in total. The summed E-state index contributed by atoms with van der Waals surface area (Å²) in [7, 11) is 0. The van der Waals surface area contributed by atoms with E-state index in [1.807, 2.05) is 6.92 Å². The molecule has 0 aromatic heterocycles. The number of hydrogen-bond donors (Lipinski definition) is 1. The van der Waals surface area contributed by atoms with E-state index in [0.29, 0.717) is 12.1 Å². The van der Waals surface area contributed by atoms with Crippen molar-refractivity contribution in [3.05, 3.63) is 0 Å². The van der Waals surface area contributed by atoms with Crippen LogP contribution in [0.25, 0.3) is 0 Å². The minimum atomic E-state index is -0.255. The molecule has 2 heteroatoms. The summed E-state index contributed by atoms with van der Waals surface area (Å²) in [5.41, 5.74) is 0. The van der Waals surface area contributed by atoms with Gasteiger partial charge in [0.1, 0.15) is 0 Å². The summed E-state index contributed by atoms with van der Waals surface area (Å²) in [5.74, 6) is 0. The molecular weight excluding hydrogens is 150 g/mol. The van der Waals surface area contributed by atoms with Crippen LogP contribution >= 0.6 is 0 Å². The molecule has 0 amide bonds. The van der Waals surface area contributed by atoms with Crippen molar-refractivity contribution in [1.29, 1.82) is 0 Å². The van der Waals surface area contributed by atoms with Gasteiger partial charge in [0.05, 0.1) is 6.10 Å². The summed E-state index contributed by atoms with van der Waals surface area (Å²) >= 11 is 0. The third kappa shape index (κ3) is 3.11. The van der Waals surface area contributed by atoms with Crippen molar-refractivity contribution >= 4 is 0 Å². The Balaban J connectivity index is 4.30. The van der Waals surface area contributed by atoms with Gasteiger partial charge >= 0.3 is 0 Å². The maximum atomic E-state index is 9.45. The van der Waals surface area contributed by atoms with Gasteiger partial charge in [0.15, 0.2) is 0 Å². The molecule has 0 spiro atoms. The zero-order valence-electron chi connectivity index (χ0n) is 9.20. The fraction of sp³-hybridized carbons (Fsp3) is 1.00. The fourth-order valence-corrected chi connectivity index (χ4v) is 1.79. The molecule has 0 heterocycles. The summed E-state index contributed by atoms with van der Waals surface area (Å²) in [6.45, 7) is 12.6. The van der Waals surface area contributed by atoms with Crippen LogP contribution in [0.3, 0.4) is 0 Å². The second-order valence-electron chi connectivity index (χ2n) is 4.12. The molecule has 0 rings (SSSR count). The number of aliphatic hydroxyl groups is 1. The highest BCUT2D eigenvalue weighted by atomic mass is 16.3. The predicted octanol–water partition coefficient (Wildman–Crippen LogP) is 1.87. The van der Waals surface area contributed by atoms with E-state index in [1.165, 1.54) is 0 Å². The zero-order chi connectivity index (χ0) is 9.89. The smallest absolute Gasteiger partial charge is 0.0664 e. The predicted molar refractivity (Wildman–Crippen MR) is 53.3 cm³/mol. The van der Waals surface area contributed by atoms with E-state index < -0.39 is 0 Å². The molecule has 2 atom stereocenters. The highest BCUT2D eigenvalue weighted by molar-refractivity contribution is 4.77. The van der Waals surface area contributed by atoms with Crippen molar-refractivity contribution < 1.29 is 5.11 Å². The van der Waals surface area contributed by atoms with Crippen LogP contribution in [0.1, 0.15) is 41.5 Å². The monoisotopic (exact) mass is 173 g/mol. The summed E-state index contributed by atoms with van der Waals surface area (Å²) in [6.07, 6.45) is -0.255. The van der Waals surface area contributed by atoms with E-state index >= 15 is 0 Å². The van der Waals surface area contributed by atoms with Crippen molar-refractivity contribution in [2.24, 2.45) is 0 Å². The van der Waals surface area contributed by atoms with E-state index in [4.69, 9.17) is 0 Å². The van der Waals surface area contributed by atoms with Crippen molar-refractivity contribution in [2.75, 3.05) is 0 Å². The molecule has 0 aliphatic carbocycles. The first-order valence-electron chi connectivity index (χ1n) is 4.83. The molecule has 0 aromatic carbocycles. The summed E-state index contributed by atoms with van der Waals surface area (Å²) in [6, 6.07) is 1.23. The van der Waals surface area contributed by atoms with E-state index in [-0.39, 0.29) is 12.1 Å². The Bertz CT molecular complexity index is 113. The van der Waals surface area contributed by atoms with Crippen LogP contribution in [0, 0.1) is 0 Å². The highest BCUT2D eigenvalue weighted by Crippen LogP contribution is 2.12. The largest absolute Gasteiger partial charge is 0.392 e. The van der Waals surface area contributed by atoms with Crippen LogP contribution in [0.4, 0.5) is 0 Å². The minimum Gasteiger partial charge on any atom is -0.392 e. The molecule has 12 heavy (non-hydrogen) atoms. The first-order valence-corrected chi connectivity index (χ1v) is 4.83. The normalized spacial score (nSPS) is 17.5. The van der Waals surface area contributed by atoms with E-state index in [0.717, 1.165) is 0 Å². The molecular formula is C10H23NO. The van der Waals surface area contributed by atoms with Crippen LogP contribution in [0.15, 0.2) is 0 Å². The third-order valence-corrected chi connectivity index (χ3v) is 2.36. The second-order valence-corrected chi connectivity index (χ2v) is 4.12. The van der Waals surface area contributed by atoms with Gasteiger partial charge < -0.3 is 5.11 Å². The third-order valence-electron chi connectivity index (χ3n) is 2.36.